The molecule has 3 aromatic rings. The lowest BCUT2D eigenvalue weighted by molar-refractivity contribution is 0.102. The SMILES string of the molecule is Cc1cccc(Nc2nccc(C(=O)Nc3ccc(C#N)cc3)n2)c1. The van der Waals surface area contributed by atoms with Crippen molar-refractivity contribution in [3.8, 4) is 6.07 Å². The third-order valence-corrected chi connectivity index (χ3v) is 3.43. The van der Waals surface area contributed by atoms with Crippen LogP contribution in [0.15, 0.2) is 60.8 Å². The zero-order valence-electron chi connectivity index (χ0n) is 13.5. The van der Waals surface area contributed by atoms with Crippen molar-refractivity contribution in [1.29, 1.82) is 5.26 Å². The summed E-state index contributed by atoms with van der Waals surface area (Å²) in [6.45, 7) is 1.99. The van der Waals surface area contributed by atoms with Crippen LogP contribution in [0, 0.1) is 18.3 Å². The van der Waals surface area contributed by atoms with E-state index in [1.54, 1.807) is 30.3 Å². The van der Waals surface area contributed by atoms with E-state index in [0.29, 0.717) is 17.2 Å². The second kappa shape index (κ2) is 7.23. The lowest BCUT2D eigenvalue weighted by Gasteiger charge is -2.08. The Kier molecular flexibility index (Phi) is 4.67. The highest BCUT2D eigenvalue weighted by molar-refractivity contribution is 6.03. The van der Waals surface area contributed by atoms with Gasteiger partial charge in [-0.05, 0) is 55.0 Å². The van der Waals surface area contributed by atoms with Crippen LogP contribution in [0.4, 0.5) is 17.3 Å². The van der Waals surface area contributed by atoms with Crippen LogP contribution in [-0.4, -0.2) is 15.9 Å². The van der Waals surface area contributed by atoms with Crippen molar-refractivity contribution in [3.05, 3.63) is 77.6 Å². The lowest BCUT2D eigenvalue weighted by Crippen LogP contribution is -2.14. The molecule has 0 saturated heterocycles. The van der Waals surface area contributed by atoms with Crippen LogP contribution in [0.25, 0.3) is 0 Å². The molecule has 0 aliphatic heterocycles. The van der Waals surface area contributed by atoms with E-state index in [4.69, 9.17) is 5.26 Å². The summed E-state index contributed by atoms with van der Waals surface area (Å²) in [7, 11) is 0. The second-order valence-electron chi connectivity index (χ2n) is 5.40. The number of carbonyl (C=O) groups excluding carboxylic acids is 1. The van der Waals surface area contributed by atoms with E-state index in [-0.39, 0.29) is 11.6 Å². The van der Waals surface area contributed by atoms with Gasteiger partial charge in [-0.3, -0.25) is 4.79 Å². The molecule has 122 valence electrons. The molecule has 1 aromatic heterocycles. The van der Waals surface area contributed by atoms with Crippen molar-refractivity contribution in [2.45, 2.75) is 6.92 Å². The van der Waals surface area contributed by atoms with Gasteiger partial charge in [-0.1, -0.05) is 12.1 Å². The minimum Gasteiger partial charge on any atom is -0.324 e. The van der Waals surface area contributed by atoms with Crippen LogP contribution in [0.2, 0.25) is 0 Å². The molecular weight excluding hydrogens is 314 g/mol. The number of rotatable bonds is 4. The molecule has 1 heterocycles. The van der Waals surface area contributed by atoms with Crippen molar-refractivity contribution in [3.63, 3.8) is 0 Å². The fourth-order valence-corrected chi connectivity index (χ4v) is 2.22. The molecule has 0 saturated carbocycles. The highest BCUT2D eigenvalue weighted by Crippen LogP contribution is 2.15. The summed E-state index contributed by atoms with van der Waals surface area (Å²) in [5.41, 5.74) is 3.33. The number of benzene rings is 2. The lowest BCUT2D eigenvalue weighted by atomic mass is 10.2. The van der Waals surface area contributed by atoms with Gasteiger partial charge in [-0.25, -0.2) is 9.97 Å². The summed E-state index contributed by atoms with van der Waals surface area (Å²) in [6, 6.07) is 18.0. The van der Waals surface area contributed by atoms with Crippen LogP contribution in [0.5, 0.6) is 0 Å². The Morgan fingerprint density at radius 2 is 1.88 bits per heavy atom. The fraction of sp³-hybridized carbons (Fsp3) is 0.0526. The molecule has 6 nitrogen and oxygen atoms in total. The Morgan fingerprint density at radius 3 is 2.60 bits per heavy atom. The number of aromatic nitrogens is 2. The number of nitrogens with zero attached hydrogens (tertiary/aromatic N) is 3. The molecule has 6 heteroatoms. The van der Waals surface area contributed by atoms with E-state index < -0.39 is 0 Å². The molecule has 0 fully saturated rings. The molecule has 2 N–H and O–H groups in total. The normalized spacial score (nSPS) is 9.92. The smallest absolute Gasteiger partial charge is 0.274 e. The quantitative estimate of drug-likeness (QED) is 0.762. The van der Waals surface area contributed by atoms with Crippen molar-refractivity contribution in [2.75, 3.05) is 10.6 Å². The fourth-order valence-electron chi connectivity index (χ4n) is 2.22. The number of nitrogens with one attached hydrogen (secondary N) is 2. The summed E-state index contributed by atoms with van der Waals surface area (Å²) in [4.78, 5) is 20.7. The Balaban J connectivity index is 1.73. The van der Waals surface area contributed by atoms with E-state index in [0.717, 1.165) is 11.3 Å². The summed E-state index contributed by atoms with van der Waals surface area (Å²) in [5.74, 6) is -0.00233. The van der Waals surface area contributed by atoms with Crippen LogP contribution in [0.3, 0.4) is 0 Å². The number of carbonyl (C=O) groups is 1. The average Bonchev–Trinajstić information content (AvgIpc) is 2.62. The predicted octanol–water partition coefficient (Wildman–Crippen LogP) is 3.65. The molecule has 0 atom stereocenters. The Bertz CT molecular complexity index is 945. The zero-order chi connectivity index (χ0) is 17.6. The van der Waals surface area contributed by atoms with Gasteiger partial charge in [-0.15, -0.1) is 0 Å². The number of hydrogen-bond acceptors (Lipinski definition) is 5. The molecular formula is C19H15N5O. The van der Waals surface area contributed by atoms with Gasteiger partial charge >= 0.3 is 0 Å². The van der Waals surface area contributed by atoms with Gasteiger partial charge in [0.25, 0.3) is 5.91 Å². The van der Waals surface area contributed by atoms with E-state index in [2.05, 4.69) is 20.6 Å². The van der Waals surface area contributed by atoms with Crippen molar-refractivity contribution in [1.82, 2.24) is 9.97 Å². The summed E-state index contributed by atoms with van der Waals surface area (Å²) < 4.78 is 0. The molecule has 0 radical (unpaired) electrons. The van der Waals surface area contributed by atoms with Crippen LogP contribution in [0.1, 0.15) is 21.6 Å². The Morgan fingerprint density at radius 1 is 1.08 bits per heavy atom. The first-order valence-corrected chi connectivity index (χ1v) is 7.62. The van der Waals surface area contributed by atoms with E-state index in [1.807, 2.05) is 37.3 Å². The van der Waals surface area contributed by atoms with Crippen LogP contribution >= 0.6 is 0 Å². The van der Waals surface area contributed by atoms with Crippen LogP contribution in [-0.2, 0) is 0 Å². The molecule has 25 heavy (non-hydrogen) atoms. The van der Waals surface area contributed by atoms with Gasteiger partial charge in [0.15, 0.2) is 0 Å². The van der Waals surface area contributed by atoms with Gasteiger partial charge in [0, 0.05) is 17.6 Å². The number of nitriles is 1. The maximum absolute atomic E-state index is 12.3. The van der Waals surface area contributed by atoms with Crippen LogP contribution < -0.4 is 10.6 Å². The minimum atomic E-state index is -0.348. The van der Waals surface area contributed by atoms with E-state index in [1.165, 1.54) is 6.20 Å². The van der Waals surface area contributed by atoms with Gasteiger partial charge < -0.3 is 10.6 Å². The number of amides is 1. The molecule has 0 unspecified atom stereocenters. The largest absolute Gasteiger partial charge is 0.324 e. The first-order chi connectivity index (χ1) is 12.1. The summed E-state index contributed by atoms with van der Waals surface area (Å²) >= 11 is 0. The highest BCUT2D eigenvalue weighted by atomic mass is 16.1. The summed E-state index contributed by atoms with van der Waals surface area (Å²) in [6.07, 6.45) is 1.53. The van der Waals surface area contributed by atoms with Gasteiger partial charge in [0.1, 0.15) is 5.69 Å². The topological polar surface area (TPSA) is 90.7 Å². The molecule has 0 bridgehead atoms. The maximum Gasteiger partial charge on any atom is 0.274 e. The minimum absolute atomic E-state index is 0.245. The standard InChI is InChI=1S/C19H15N5O/c1-13-3-2-4-16(11-13)23-19-21-10-9-17(24-19)18(25)22-15-7-5-14(12-20)6-8-15/h2-11H,1H3,(H,22,25)(H,21,23,24). The van der Waals surface area contributed by atoms with Crippen molar-refractivity contribution in [2.24, 2.45) is 0 Å². The van der Waals surface area contributed by atoms with Gasteiger partial charge in [0.05, 0.1) is 11.6 Å². The summed E-state index contributed by atoms with van der Waals surface area (Å²) in [5, 5.41) is 14.6. The first-order valence-electron chi connectivity index (χ1n) is 7.62. The van der Waals surface area contributed by atoms with E-state index >= 15 is 0 Å². The number of anilines is 3. The molecule has 0 spiro atoms. The number of aryl methyl sites for hydroxylation is 1. The third kappa shape index (κ3) is 4.18. The Hall–Kier alpha value is -3.72. The molecule has 0 aliphatic rings. The maximum atomic E-state index is 12.3. The molecule has 2 aromatic carbocycles. The molecule has 0 aliphatic carbocycles. The predicted molar refractivity (Wildman–Crippen MR) is 95.6 cm³/mol. The van der Waals surface area contributed by atoms with Crippen molar-refractivity contribution < 1.29 is 4.79 Å². The molecule has 1 amide bonds. The third-order valence-electron chi connectivity index (χ3n) is 3.43. The monoisotopic (exact) mass is 329 g/mol. The zero-order valence-corrected chi connectivity index (χ0v) is 13.5. The Labute approximate surface area is 145 Å². The highest BCUT2D eigenvalue weighted by Gasteiger charge is 2.09. The average molecular weight is 329 g/mol. The second-order valence-corrected chi connectivity index (χ2v) is 5.40. The number of hydrogen-bond donors (Lipinski definition) is 2. The van der Waals surface area contributed by atoms with E-state index in [9.17, 15) is 4.79 Å². The molecule has 3 rings (SSSR count). The van der Waals surface area contributed by atoms with Gasteiger partial charge in [0.2, 0.25) is 5.95 Å². The first kappa shape index (κ1) is 16.1. The van der Waals surface area contributed by atoms with Crippen molar-refractivity contribution >= 4 is 23.2 Å². The van der Waals surface area contributed by atoms with Gasteiger partial charge in [-0.2, -0.15) is 5.26 Å².